The number of alkyl halides is 1. The second kappa shape index (κ2) is 5.25. The molecule has 2 rings (SSSR count). The van der Waals surface area contributed by atoms with Crippen LogP contribution >= 0.6 is 0 Å². The first kappa shape index (κ1) is 11.3. The van der Waals surface area contributed by atoms with E-state index in [1.54, 1.807) is 12.1 Å². The number of piperidine rings is 1. The van der Waals surface area contributed by atoms with Crippen LogP contribution in [-0.2, 0) is 6.67 Å². The summed E-state index contributed by atoms with van der Waals surface area (Å²) >= 11 is 0. The van der Waals surface area contributed by atoms with Crippen molar-refractivity contribution in [1.29, 1.82) is 0 Å². The Kier molecular flexibility index (Phi) is 3.72. The molecule has 1 saturated heterocycles. The van der Waals surface area contributed by atoms with Crippen molar-refractivity contribution in [2.75, 3.05) is 18.4 Å². The Hall–Kier alpha value is -1.16. The Bertz CT molecular complexity index is 349. The lowest BCUT2D eigenvalue weighted by Gasteiger charge is -2.24. The number of benzene rings is 1. The summed E-state index contributed by atoms with van der Waals surface area (Å²) < 4.78 is 25.8. The molecule has 1 aromatic carbocycles. The van der Waals surface area contributed by atoms with Gasteiger partial charge in [0, 0.05) is 6.04 Å². The Morgan fingerprint density at radius 3 is 2.69 bits per heavy atom. The molecule has 0 spiro atoms. The fourth-order valence-electron chi connectivity index (χ4n) is 1.94. The summed E-state index contributed by atoms with van der Waals surface area (Å²) in [5.41, 5.74) is 0.859. The molecule has 88 valence electrons. The summed E-state index contributed by atoms with van der Waals surface area (Å²) in [7, 11) is 0. The van der Waals surface area contributed by atoms with Gasteiger partial charge in [0.15, 0.2) is 0 Å². The van der Waals surface area contributed by atoms with Crippen molar-refractivity contribution in [3.05, 3.63) is 29.6 Å². The molecule has 0 radical (unpaired) electrons. The molecule has 0 bridgehead atoms. The zero-order valence-electron chi connectivity index (χ0n) is 9.10. The lowest BCUT2D eigenvalue weighted by Crippen LogP contribution is -2.35. The number of anilines is 1. The predicted molar refractivity (Wildman–Crippen MR) is 60.7 cm³/mol. The lowest BCUT2D eigenvalue weighted by molar-refractivity contribution is 0.474. The van der Waals surface area contributed by atoms with E-state index in [1.807, 2.05) is 0 Å². The van der Waals surface area contributed by atoms with Gasteiger partial charge < -0.3 is 10.6 Å². The van der Waals surface area contributed by atoms with Crippen LogP contribution in [0, 0.1) is 5.82 Å². The predicted octanol–water partition coefficient (Wildman–Crippen LogP) is 2.46. The van der Waals surface area contributed by atoms with Crippen LogP contribution in [0.2, 0.25) is 0 Å². The monoisotopic (exact) mass is 226 g/mol. The molecular formula is C12H16F2N2. The lowest BCUT2D eigenvalue weighted by atomic mass is 10.1. The standard InChI is InChI=1S/C12H16F2N2/c13-8-9-1-2-12(11(14)7-9)16-10-3-5-15-6-4-10/h1-2,7,10,15-16H,3-6,8H2. The van der Waals surface area contributed by atoms with Gasteiger partial charge in [0.05, 0.1) is 5.69 Å². The molecule has 1 aliphatic heterocycles. The maximum Gasteiger partial charge on any atom is 0.146 e. The van der Waals surface area contributed by atoms with Gasteiger partial charge in [-0.15, -0.1) is 0 Å². The molecule has 0 saturated carbocycles. The number of hydrogen-bond donors (Lipinski definition) is 2. The summed E-state index contributed by atoms with van der Waals surface area (Å²) in [6.45, 7) is 1.30. The van der Waals surface area contributed by atoms with E-state index in [4.69, 9.17) is 0 Å². The molecule has 1 aromatic rings. The third kappa shape index (κ3) is 2.70. The number of nitrogens with one attached hydrogen (secondary N) is 2. The molecule has 1 heterocycles. The zero-order chi connectivity index (χ0) is 11.4. The van der Waals surface area contributed by atoms with E-state index in [0.717, 1.165) is 25.9 Å². The molecule has 2 nitrogen and oxygen atoms in total. The van der Waals surface area contributed by atoms with Gasteiger partial charge in [0.25, 0.3) is 0 Å². The fourth-order valence-corrected chi connectivity index (χ4v) is 1.94. The Morgan fingerprint density at radius 2 is 2.06 bits per heavy atom. The van der Waals surface area contributed by atoms with Crippen molar-refractivity contribution in [2.45, 2.75) is 25.6 Å². The average molecular weight is 226 g/mol. The molecule has 0 aromatic heterocycles. The summed E-state index contributed by atoms with van der Waals surface area (Å²) in [6, 6.07) is 4.80. The highest BCUT2D eigenvalue weighted by molar-refractivity contribution is 5.47. The van der Waals surface area contributed by atoms with Gasteiger partial charge in [0.2, 0.25) is 0 Å². The van der Waals surface area contributed by atoms with Crippen molar-refractivity contribution < 1.29 is 8.78 Å². The van der Waals surface area contributed by atoms with Gasteiger partial charge in [-0.2, -0.15) is 0 Å². The van der Waals surface area contributed by atoms with Crippen LogP contribution in [0.5, 0.6) is 0 Å². The summed E-state index contributed by atoms with van der Waals surface area (Å²) in [6.07, 6.45) is 1.98. The molecular weight excluding hydrogens is 210 g/mol. The summed E-state index contributed by atoms with van der Waals surface area (Å²) in [5.74, 6) is -0.367. The van der Waals surface area contributed by atoms with E-state index in [1.165, 1.54) is 6.07 Å². The van der Waals surface area contributed by atoms with Crippen molar-refractivity contribution in [2.24, 2.45) is 0 Å². The summed E-state index contributed by atoms with van der Waals surface area (Å²) in [5, 5.41) is 6.41. The number of rotatable bonds is 3. The van der Waals surface area contributed by atoms with E-state index in [0.29, 0.717) is 17.3 Å². The molecule has 1 aliphatic rings. The minimum Gasteiger partial charge on any atom is -0.380 e. The van der Waals surface area contributed by atoms with E-state index >= 15 is 0 Å². The molecule has 2 N–H and O–H groups in total. The second-order valence-corrected chi connectivity index (χ2v) is 4.12. The first-order valence-corrected chi connectivity index (χ1v) is 5.61. The average Bonchev–Trinajstić information content (AvgIpc) is 2.33. The van der Waals surface area contributed by atoms with Gasteiger partial charge in [-0.1, -0.05) is 6.07 Å². The molecule has 1 fully saturated rings. The van der Waals surface area contributed by atoms with E-state index < -0.39 is 6.67 Å². The molecule has 0 aliphatic carbocycles. The van der Waals surface area contributed by atoms with Crippen molar-refractivity contribution >= 4 is 5.69 Å². The Labute approximate surface area is 94.0 Å². The molecule has 0 amide bonds. The third-order valence-corrected chi connectivity index (χ3v) is 2.89. The normalized spacial score (nSPS) is 17.4. The van der Waals surface area contributed by atoms with Crippen molar-refractivity contribution in [3.63, 3.8) is 0 Å². The Balaban J connectivity index is 2.03. The van der Waals surface area contributed by atoms with E-state index in [2.05, 4.69) is 10.6 Å². The molecule has 4 heteroatoms. The molecule has 0 unspecified atom stereocenters. The maximum absolute atomic E-state index is 13.5. The molecule has 16 heavy (non-hydrogen) atoms. The van der Waals surface area contributed by atoms with Gasteiger partial charge >= 0.3 is 0 Å². The summed E-state index contributed by atoms with van der Waals surface area (Å²) in [4.78, 5) is 0. The van der Waals surface area contributed by atoms with Crippen molar-refractivity contribution in [1.82, 2.24) is 5.32 Å². The highest BCUT2D eigenvalue weighted by Gasteiger charge is 2.14. The van der Waals surface area contributed by atoms with E-state index in [-0.39, 0.29) is 5.82 Å². The smallest absolute Gasteiger partial charge is 0.146 e. The van der Waals surface area contributed by atoms with Crippen LogP contribution in [0.3, 0.4) is 0 Å². The molecule has 0 atom stereocenters. The quantitative estimate of drug-likeness (QED) is 0.827. The Morgan fingerprint density at radius 1 is 1.31 bits per heavy atom. The van der Waals surface area contributed by atoms with Crippen LogP contribution in [0.1, 0.15) is 18.4 Å². The van der Waals surface area contributed by atoms with Crippen molar-refractivity contribution in [3.8, 4) is 0 Å². The highest BCUT2D eigenvalue weighted by Crippen LogP contribution is 2.19. The van der Waals surface area contributed by atoms with Crippen LogP contribution < -0.4 is 10.6 Å². The van der Waals surface area contributed by atoms with Gasteiger partial charge in [-0.25, -0.2) is 8.78 Å². The van der Waals surface area contributed by atoms with Gasteiger partial charge in [-0.05, 0) is 43.6 Å². The zero-order valence-corrected chi connectivity index (χ0v) is 9.10. The minimum atomic E-state index is -0.620. The topological polar surface area (TPSA) is 24.1 Å². The number of hydrogen-bond acceptors (Lipinski definition) is 2. The first-order chi connectivity index (χ1) is 7.79. The number of halogens is 2. The fraction of sp³-hybridized carbons (Fsp3) is 0.500. The van der Waals surface area contributed by atoms with Crippen LogP contribution in [0.4, 0.5) is 14.5 Å². The second-order valence-electron chi connectivity index (χ2n) is 4.12. The maximum atomic E-state index is 13.5. The van der Waals surface area contributed by atoms with Crippen LogP contribution in [-0.4, -0.2) is 19.1 Å². The third-order valence-electron chi connectivity index (χ3n) is 2.89. The first-order valence-electron chi connectivity index (χ1n) is 5.61. The van der Waals surface area contributed by atoms with Crippen LogP contribution in [0.25, 0.3) is 0 Å². The van der Waals surface area contributed by atoms with E-state index in [9.17, 15) is 8.78 Å². The van der Waals surface area contributed by atoms with Gasteiger partial charge in [-0.3, -0.25) is 0 Å². The SMILES string of the molecule is FCc1ccc(NC2CCNCC2)c(F)c1. The largest absolute Gasteiger partial charge is 0.380 e. The van der Waals surface area contributed by atoms with Crippen LogP contribution in [0.15, 0.2) is 18.2 Å². The highest BCUT2D eigenvalue weighted by atomic mass is 19.1. The minimum absolute atomic E-state index is 0.312. The van der Waals surface area contributed by atoms with Gasteiger partial charge in [0.1, 0.15) is 12.5 Å².